The van der Waals surface area contributed by atoms with Gasteiger partial charge < -0.3 is 5.73 Å². The first-order valence-corrected chi connectivity index (χ1v) is 12.1. The standard InChI is InChI=1S/C23H24N2OS2/c1-12-4-17(16-2-3-27-11-16)18-19(24)20(28-22(18)25-12)21(26)23-8-13-5-14(9-23)7-15(6-13)10-23/h2-4,11,13-15H,5-10,24H2,1H3. The van der Waals surface area contributed by atoms with Crippen LogP contribution in [-0.2, 0) is 0 Å². The van der Waals surface area contributed by atoms with E-state index in [2.05, 4.69) is 22.9 Å². The van der Waals surface area contributed by atoms with Crippen LogP contribution < -0.4 is 5.73 Å². The Morgan fingerprint density at radius 3 is 2.46 bits per heavy atom. The van der Waals surface area contributed by atoms with Crippen LogP contribution in [0.3, 0.4) is 0 Å². The van der Waals surface area contributed by atoms with Crippen LogP contribution in [0.2, 0.25) is 0 Å². The summed E-state index contributed by atoms with van der Waals surface area (Å²) in [5.41, 5.74) is 10.4. The number of nitrogens with two attached hydrogens (primary N) is 1. The number of nitrogen functional groups attached to an aromatic ring is 1. The van der Waals surface area contributed by atoms with Crippen LogP contribution in [0.4, 0.5) is 5.69 Å². The van der Waals surface area contributed by atoms with Crippen LogP contribution in [0, 0.1) is 30.1 Å². The number of carbonyl (C=O) groups excluding carboxylic acids is 1. The van der Waals surface area contributed by atoms with Crippen molar-refractivity contribution < 1.29 is 4.79 Å². The van der Waals surface area contributed by atoms with Gasteiger partial charge in [0.25, 0.3) is 0 Å². The van der Waals surface area contributed by atoms with Gasteiger partial charge in [-0.05, 0) is 97.2 Å². The lowest BCUT2D eigenvalue weighted by Crippen LogP contribution is -2.49. The lowest BCUT2D eigenvalue weighted by atomic mass is 9.48. The van der Waals surface area contributed by atoms with Crippen molar-refractivity contribution in [1.82, 2.24) is 4.98 Å². The van der Waals surface area contributed by atoms with E-state index in [1.165, 1.54) is 36.2 Å². The molecule has 3 aromatic heterocycles. The smallest absolute Gasteiger partial charge is 0.181 e. The highest BCUT2D eigenvalue weighted by molar-refractivity contribution is 7.21. The minimum atomic E-state index is -0.151. The Balaban J connectivity index is 1.50. The Bertz CT molecular complexity index is 1060. The predicted molar refractivity (Wildman–Crippen MR) is 117 cm³/mol. The first kappa shape index (κ1) is 17.2. The Kier molecular flexibility index (Phi) is 3.61. The molecular weight excluding hydrogens is 384 g/mol. The van der Waals surface area contributed by atoms with E-state index in [1.807, 2.05) is 6.92 Å². The second-order valence-corrected chi connectivity index (χ2v) is 11.2. The number of rotatable bonds is 3. The third-order valence-corrected chi connectivity index (χ3v) is 9.17. The Labute approximate surface area is 173 Å². The molecule has 0 spiro atoms. The molecule has 5 heteroatoms. The van der Waals surface area contributed by atoms with E-state index >= 15 is 0 Å². The topological polar surface area (TPSA) is 56.0 Å². The Morgan fingerprint density at radius 1 is 1.18 bits per heavy atom. The molecule has 144 valence electrons. The number of ketones is 1. The highest BCUT2D eigenvalue weighted by Gasteiger charge is 2.55. The zero-order valence-corrected chi connectivity index (χ0v) is 17.7. The van der Waals surface area contributed by atoms with E-state index in [4.69, 9.17) is 10.7 Å². The van der Waals surface area contributed by atoms with Crippen molar-refractivity contribution in [3.05, 3.63) is 33.5 Å². The van der Waals surface area contributed by atoms with Crippen LogP contribution in [-0.4, -0.2) is 10.8 Å². The number of thiophene rings is 2. The molecule has 4 fully saturated rings. The van der Waals surface area contributed by atoms with E-state index in [0.29, 0.717) is 11.5 Å². The summed E-state index contributed by atoms with van der Waals surface area (Å²) in [7, 11) is 0. The summed E-state index contributed by atoms with van der Waals surface area (Å²) in [5.74, 6) is 2.59. The van der Waals surface area contributed by atoms with E-state index in [1.54, 1.807) is 11.3 Å². The molecule has 28 heavy (non-hydrogen) atoms. The number of aromatic nitrogens is 1. The summed E-state index contributed by atoms with van der Waals surface area (Å²) < 4.78 is 0. The molecule has 0 unspecified atom stereocenters. The van der Waals surface area contributed by atoms with E-state index in [-0.39, 0.29) is 5.41 Å². The number of hydrogen-bond donors (Lipinski definition) is 1. The van der Waals surface area contributed by atoms with Gasteiger partial charge in [-0.15, -0.1) is 11.3 Å². The van der Waals surface area contributed by atoms with Crippen LogP contribution in [0.25, 0.3) is 21.3 Å². The van der Waals surface area contributed by atoms with Gasteiger partial charge in [-0.3, -0.25) is 4.79 Å². The fourth-order valence-corrected chi connectivity index (χ4v) is 8.57. The summed E-state index contributed by atoms with van der Waals surface area (Å²) in [6, 6.07) is 4.23. The van der Waals surface area contributed by atoms with Crippen molar-refractivity contribution in [3.8, 4) is 11.1 Å². The number of anilines is 1. The molecule has 4 aliphatic carbocycles. The number of aryl methyl sites for hydroxylation is 1. The summed E-state index contributed by atoms with van der Waals surface area (Å²) in [5, 5.41) is 5.20. The van der Waals surface area contributed by atoms with Gasteiger partial charge in [0.15, 0.2) is 5.78 Å². The maximum atomic E-state index is 13.9. The second kappa shape index (κ2) is 5.90. The predicted octanol–water partition coefficient (Wildman–Crippen LogP) is 6.31. The molecule has 0 radical (unpaired) electrons. The van der Waals surface area contributed by atoms with E-state index in [0.717, 1.165) is 63.4 Å². The normalized spacial score (nSPS) is 31.0. The number of carbonyl (C=O) groups is 1. The van der Waals surface area contributed by atoms with E-state index in [9.17, 15) is 4.79 Å². The van der Waals surface area contributed by atoms with Crippen LogP contribution in [0.1, 0.15) is 53.9 Å². The van der Waals surface area contributed by atoms with Crippen molar-refractivity contribution in [1.29, 1.82) is 0 Å². The first-order chi connectivity index (χ1) is 13.5. The fraction of sp³-hybridized carbons (Fsp3) is 0.478. The monoisotopic (exact) mass is 408 g/mol. The van der Waals surface area contributed by atoms with Crippen molar-refractivity contribution in [2.75, 3.05) is 5.73 Å². The van der Waals surface area contributed by atoms with Crippen LogP contribution in [0.15, 0.2) is 22.9 Å². The quantitative estimate of drug-likeness (QED) is 0.516. The maximum absolute atomic E-state index is 13.9. The van der Waals surface area contributed by atoms with E-state index < -0.39 is 0 Å². The van der Waals surface area contributed by atoms with Crippen LogP contribution in [0.5, 0.6) is 0 Å². The molecule has 0 amide bonds. The second-order valence-electron chi connectivity index (χ2n) is 9.38. The SMILES string of the molecule is Cc1cc(-c2ccsc2)c2c(N)c(C(=O)C34CC5CC(CC(C5)C3)C4)sc2n1. The molecule has 2 N–H and O–H groups in total. The number of pyridine rings is 1. The lowest BCUT2D eigenvalue weighted by molar-refractivity contribution is -0.0350. The van der Waals surface area contributed by atoms with Crippen molar-refractivity contribution in [2.45, 2.75) is 45.4 Å². The van der Waals surface area contributed by atoms with Crippen molar-refractivity contribution in [2.24, 2.45) is 23.2 Å². The zero-order chi connectivity index (χ0) is 19.0. The third kappa shape index (κ3) is 2.38. The minimum Gasteiger partial charge on any atom is -0.397 e. The molecule has 0 aromatic carbocycles. The van der Waals surface area contributed by atoms with Crippen molar-refractivity contribution >= 4 is 44.4 Å². The third-order valence-electron chi connectivity index (χ3n) is 7.39. The molecule has 3 nitrogen and oxygen atoms in total. The molecule has 0 aliphatic heterocycles. The lowest BCUT2D eigenvalue weighted by Gasteiger charge is -2.55. The summed E-state index contributed by atoms with van der Waals surface area (Å²) in [6.07, 6.45) is 7.27. The van der Waals surface area contributed by atoms with Gasteiger partial charge in [0.1, 0.15) is 4.83 Å². The number of hydrogen-bond acceptors (Lipinski definition) is 5. The molecule has 7 rings (SSSR count). The maximum Gasteiger partial charge on any atom is 0.181 e. The van der Waals surface area contributed by atoms with Gasteiger partial charge in [0, 0.05) is 16.5 Å². The van der Waals surface area contributed by atoms with Crippen LogP contribution >= 0.6 is 22.7 Å². The largest absolute Gasteiger partial charge is 0.397 e. The molecule has 4 aliphatic rings. The number of nitrogens with zero attached hydrogens (tertiary/aromatic N) is 1. The number of fused-ring (bicyclic) bond motifs is 1. The molecule has 0 atom stereocenters. The molecule has 0 saturated heterocycles. The molecule has 4 saturated carbocycles. The Hall–Kier alpha value is -1.72. The highest BCUT2D eigenvalue weighted by Crippen LogP contribution is 2.61. The van der Waals surface area contributed by atoms with Gasteiger partial charge in [-0.2, -0.15) is 11.3 Å². The number of Topliss-reactive ketones (excluding diaryl/α,β-unsaturated/α-hetero) is 1. The summed E-state index contributed by atoms with van der Waals surface area (Å²) in [6.45, 7) is 2.02. The van der Waals surface area contributed by atoms with Gasteiger partial charge in [0.2, 0.25) is 0 Å². The highest BCUT2D eigenvalue weighted by atomic mass is 32.1. The Morgan fingerprint density at radius 2 is 1.86 bits per heavy atom. The fourth-order valence-electron chi connectivity index (χ4n) is 6.69. The minimum absolute atomic E-state index is 0.151. The molecular formula is C23H24N2OS2. The zero-order valence-electron chi connectivity index (χ0n) is 16.0. The van der Waals surface area contributed by atoms with Gasteiger partial charge in [-0.25, -0.2) is 4.98 Å². The van der Waals surface area contributed by atoms with Crippen molar-refractivity contribution in [3.63, 3.8) is 0 Å². The summed E-state index contributed by atoms with van der Waals surface area (Å²) in [4.78, 5) is 20.3. The summed E-state index contributed by atoms with van der Waals surface area (Å²) >= 11 is 3.21. The molecule has 3 heterocycles. The van der Waals surface area contributed by atoms with Gasteiger partial charge >= 0.3 is 0 Å². The average molecular weight is 409 g/mol. The van der Waals surface area contributed by atoms with Gasteiger partial charge in [-0.1, -0.05) is 0 Å². The molecule has 3 aromatic rings. The first-order valence-electron chi connectivity index (χ1n) is 10.3. The molecule has 4 bridgehead atoms. The average Bonchev–Trinajstić information content (AvgIpc) is 3.28. The van der Waals surface area contributed by atoms with Gasteiger partial charge in [0.05, 0.1) is 10.6 Å².